The van der Waals surface area contributed by atoms with Crippen molar-refractivity contribution in [2.45, 2.75) is 32.4 Å². The van der Waals surface area contributed by atoms with Gasteiger partial charge in [-0.05, 0) is 55.8 Å². The molecule has 2 rings (SSSR count). The monoisotopic (exact) mass is 418 g/mol. The number of hydrogen-bond donors (Lipinski definition) is 2. The molecule has 7 nitrogen and oxygen atoms in total. The van der Waals surface area contributed by atoms with Crippen LogP contribution in [0.3, 0.4) is 0 Å². The Balaban J connectivity index is 2.01. The van der Waals surface area contributed by atoms with Crippen molar-refractivity contribution in [2.24, 2.45) is 5.73 Å². The van der Waals surface area contributed by atoms with Gasteiger partial charge in [0.05, 0.1) is 19.1 Å². The van der Waals surface area contributed by atoms with Crippen molar-refractivity contribution in [3.05, 3.63) is 64.7 Å². The first-order valence-electron chi connectivity index (χ1n) is 9.08. The Hall–Kier alpha value is -3.06. The first kappa shape index (κ1) is 22.2. The summed E-state index contributed by atoms with van der Waals surface area (Å²) >= 11 is 5.87. The van der Waals surface area contributed by atoms with Crippen LogP contribution < -0.4 is 15.8 Å². The van der Waals surface area contributed by atoms with Crippen molar-refractivity contribution in [1.29, 1.82) is 0 Å². The van der Waals surface area contributed by atoms with Gasteiger partial charge >= 0.3 is 12.0 Å². The number of halogens is 1. The predicted molar refractivity (Wildman–Crippen MR) is 109 cm³/mol. The number of nitrogens with one attached hydrogen (secondary N) is 1. The molecule has 29 heavy (non-hydrogen) atoms. The molecule has 0 fully saturated rings. The standard InChI is InChI=1S/C21H23ClN2O5/c1-3-28-17-10-6-15(7-11-17)20(26)13(2)29-19(25)12-18(24-21(23)27)14-4-8-16(22)9-5-14/h4-11,13,18H,3,12H2,1-2H3,(H3,23,24,27)/t13-,18+/m0/s1. The zero-order valence-electron chi connectivity index (χ0n) is 16.2. The number of rotatable bonds is 9. The molecule has 2 amide bonds. The lowest BCUT2D eigenvalue weighted by Gasteiger charge is -2.19. The van der Waals surface area contributed by atoms with Crippen LogP contribution in [-0.4, -0.2) is 30.5 Å². The number of Topliss-reactive ketones (excluding diaryl/α,β-unsaturated/α-hetero) is 1. The smallest absolute Gasteiger partial charge is 0.312 e. The molecule has 0 saturated heterocycles. The normalized spacial score (nSPS) is 12.5. The first-order valence-corrected chi connectivity index (χ1v) is 9.46. The van der Waals surface area contributed by atoms with E-state index in [0.717, 1.165) is 0 Å². The number of hydrogen-bond acceptors (Lipinski definition) is 5. The zero-order valence-corrected chi connectivity index (χ0v) is 16.9. The van der Waals surface area contributed by atoms with Gasteiger partial charge in [-0.15, -0.1) is 0 Å². The number of ketones is 1. The topological polar surface area (TPSA) is 108 Å². The fourth-order valence-corrected chi connectivity index (χ4v) is 2.83. The molecule has 154 valence electrons. The van der Waals surface area contributed by atoms with Crippen LogP contribution in [0.25, 0.3) is 0 Å². The van der Waals surface area contributed by atoms with E-state index in [4.69, 9.17) is 26.8 Å². The number of carbonyl (C=O) groups excluding carboxylic acids is 3. The predicted octanol–water partition coefficient (Wildman–Crippen LogP) is 3.65. The van der Waals surface area contributed by atoms with Crippen LogP contribution in [0.1, 0.15) is 42.2 Å². The van der Waals surface area contributed by atoms with Gasteiger partial charge in [0, 0.05) is 10.6 Å². The van der Waals surface area contributed by atoms with E-state index < -0.39 is 24.1 Å². The van der Waals surface area contributed by atoms with Crippen LogP contribution in [0.2, 0.25) is 5.02 Å². The minimum Gasteiger partial charge on any atom is -0.494 e. The Morgan fingerprint density at radius 1 is 1.07 bits per heavy atom. The molecular weight excluding hydrogens is 396 g/mol. The Bertz CT molecular complexity index is 852. The molecule has 0 saturated carbocycles. The highest BCUT2D eigenvalue weighted by molar-refractivity contribution is 6.30. The molecule has 0 unspecified atom stereocenters. The van der Waals surface area contributed by atoms with Crippen LogP contribution in [0.5, 0.6) is 5.75 Å². The van der Waals surface area contributed by atoms with E-state index >= 15 is 0 Å². The van der Waals surface area contributed by atoms with Gasteiger partial charge in [-0.25, -0.2) is 4.79 Å². The maximum atomic E-state index is 12.5. The molecule has 0 heterocycles. The second kappa shape index (κ2) is 10.5. The number of carbonyl (C=O) groups is 3. The summed E-state index contributed by atoms with van der Waals surface area (Å²) in [6, 6.07) is 11.7. The van der Waals surface area contributed by atoms with Crippen molar-refractivity contribution in [2.75, 3.05) is 6.61 Å². The van der Waals surface area contributed by atoms with Crippen LogP contribution in [-0.2, 0) is 9.53 Å². The maximum Gasteiger partial charge on any atom is 0.312 e. The second-order valence-electron chi connectivity index (χ2n) is 6.27. The molecular formula is C21H23ClN2O5. The van der Waals surface area contributed by atoms with Crippen molar-refractivity contribution in [3.8, 4) is 5.75 Å². The highest BCUT2D eigenvalue weighted by Crippen LogP contribution is 2.21. The average molecular weight is 419 g/mol. The van der Waals surface area contributed by atoms with Gasteiger partial charge in [-0.1, -0.05) is 23.7 Å². The summed E-state index contributed by atoms with van der Waals surface area (Å²) in [7, 11) is 0. The highest BCUT2D eigenvalue weighted by Gasteiger charge is 2.23. The fourth-order valence-electron chi connectivity index (χ4n) is 2.70. The summed E-state index contributed by atoms with van der Waals surface area (Å²) in [6.07, 6.45) is -1.18. The van der Waals surface area contributed by atoms with Gasteiger partial charge in [-0.2, -0.15) is 0 Å². The number of amides is 2. The lowest BCUT2D eigenvalue weighted by molar-refractivity contribution is -0.146. The lowest BCUT2D eigenvalue weighted by Crippen LogP contribution is -2.35. The van der Waals surface area contributed by atoms with Gasteiger partial charge < -0.3 is 20.5 Å². The van der Waals surface area contributed by atoms with Gasteiger partial charge in [0.1, 0.15) is 5.75 Å². The molecule has 0 radical (unpaired) electrons. The van der Waals surface area contributed by atoms with E-state index in [1.54, 1.807) is 48.5 Å². The van der Waals surface area contributed by atoms with Gasteiger partial charge in [0.15, 0.2) is 6.10 Å². The summed E-state index contributed by atoms with van der Waals surface area (Å²) in [5, 5.41) is 3.01. The van der Waals surface area contributed by atoms with E-state index in [-0.39, 0.29) is 12.2 Å². The van der Waals surface area contributed by atoms with Gasteiger partial charge in [-0.3, -0.25) is 9.59 Å². The molecule has 0 aliphatic heterocycles. The van der Waals surface area contributed by atoms with E-state index in [2.05, 4.69) is 5.32 Å². The van der Waals surface area contributed by atoms with Crippen LogP contribution in [0, 0.1) is 0 Å². The molecule has 2 atom stereocenters. The highest BCUT2D eigenvalue weighted by atomic mass is 35.5. The van der Waals surface area contributed by atoms with Crippen molar-refractivity contribution >= 4 is 29.4 Å². The number of ether oxygens (including phenoxy) is 2. The Labute approximate surface area is 174 Å². The summed E-state index contributed by atoms with van der Waals surface area (Å²) in [5.74, 6) is -0.338. The largest absolute Gasteiger partial charge is 0.494 e. The van der Waals surface area contributed by atoms with Crippen LogP contribution >= 0.6 is 11.6 Å². The Kier molecular flexibility index (Phi) is 8.03. The number of urea groups is 1. The number of primary amides is 1. The summed E-state index contributed by atoms with van der Waals surface area (Å²) in [5.41, 5.74) is 6.24. The van der Waals surface area contributed by atoms with Gasteiger partial charge in [0.2, 0.25) is 5.78 Å². The van der Waals surface area contributed by atoms with E-state index in [1.807, 2.05) is 6.92 Å². The third-order valence-corrected chi connectivity index (χ3v) is 4.34. The van der Waals surface area contributed by atoms with E-state index in [1.165, 1.54) is 6.92 Å². The van der Waals surface area contributed by atoms with Crippen molar-refractivity contribution in [3.63, 3.8) is 0 Å². The van der Waals surface area contributed by atoms with E-state index in [0.29, 0.717) is 28.5 Å². The molecule has 0 aliphatic rings. The molecule has 0 bridgehead atoms. The molecule has 2 aromatic carbocycles. The minimum atomic E-state index is -0.986. The molecule has 0 aliphatic carbocycles. The molecule has 0 aromatic heterocycles. The third-order valence-electron chi connectivity index (χ3n) is 4.09. The lowest BCUT2D eigenvalue weighted by atomic mass is 10.0. The summed E-state index contributed by atoms with van der Waals surface area (Å²) in [6.45, 7) is 3.88. The summed E-state index contributed by atoms with van der Waals surface area (Å²) in [4.78, 5) is 36.1. The number of nitrogens with two attached hydrogens (primary N) is 1. The Morgan fingerprint density at radius 2 is 1.69 bits per heavy atom. The molecule has 2 aromatic rings. The number of benzene rings is 2. The second-order valence-corrected chi connectivity index (χ2v) is 6.71. The first-order chi connectivity index (χ1) is 13.8. The van der Waals surface area contributed by atoms with Crippen molar-refractivity contribution < 1.29 is 23.9 Å². The quantitative estimate of drug-likeness (QED) is 0.477. The minimum absolute atomic E-state index is 0.189. The molecule has 3 N–H and O–H groups in total. The van der Waals surface area contributed by atoms with Crippen LogP contribution in [0.15, 0.2) is 48.5 Å². The Morgan fingerprint density at radius 3 is 2.24 bits per heavy atom. The van der Waals surface area contributed by atoms with Crippen molar-refractivity contribution in [1.82, 2.24) is 5.32 Å². The number of esters is 1. The fraction of sp³-hybridized carbons (Fsp3) is 0.286. The van der Waals surface area contributed by atoms with E-state index in [9.17, 15) is 14.4 Å². The summed E-state index contributed by atoms with van der Waals surface area (Å²) < 4.78 is 10.6. The SMILES string of the molecule is CCOc1ccc(C(=O)[C@H](C)OC(=O)C[C@@H](NC(N)=O)c2ccc(Cl)cc2)cc1. The average Bonchev–Trinajstić information content (AvgIpc) is 2.68. The maximum absolute atomic E-state index is 12.5. The molecule has 8 heteroatoms. The zero-order chi connectivity index (χ0) is 21.4. The van der Waals surface area contributed by atoms with Gasteiger partial charge in [0.25, 0.3) is 0 Å². The van der Waals surface area contributed by atoms with Crippen LogP contribution in [0.4, 0.5) is 4.79 Å². The third kappa shape index (κ3) is 6.80. The molecule has 0 spiro atoms.